The van der Waals surface area contributed by atoms with E-state index in [-0.39, 0.29) is 23.9 Å². The van der Waals surface area contributed by atoms with E-state index >= 15 is 0 Å². The van der Waals surface area contributed by atoms with E-state index in [1.165, 1.54) is 10.6 Å². The van der Waals surface area contributed by atoms with Crippen molar-refractivity contribution in [2.75, 3.05) is 0 Å². The van der Waals surface area contributed by atoms with Crippen LogP contribution in [0.25, 0.3) is 0 Å². The molecule has 0 saturated heterocycles. The molecule has 0 spiro atoms. The number of hydrogen-bond acceptors (Lipinski definition) is 4. The van der Waals surface area contributed by atoms with Crippen molar-refractivity contribution in [3.63, 3.8) is 0 Å². The first-order valence-corrected chi connectivity index (χ1v) is 8.33. The lowest BCUT2D eigenvalue weighted by Gasteiger charge is -2.12. The van der Waals surface area contributed by atoms with Crippen molar-refractivity contribution in [2.45, 2.75) is 31.5 Å². The normalized spacial score (nSPS) is 12.1. The molecule has 0 bridgehead atoms. The molecule has 114 valence electrons. The maximum absolute atomic E-state index is 13.7. The zero-order valence-electron chi connectivity index (χ0n) is 11.2. The zero-order valence-corrected chi connectivity index (χ0v) is 12.8. The van der Waals surface area contributed by atoms with Gasteiger partial charge in [0.05, 0.1) is 0 Å². The van der Waals surface area contributed by atoms with Crippen molar-refractivity contribution in [3.05, 3.63) is 41.2 Å². The minimum Gasteiger partial charge on any atom is -0.298 e. The molecule has 0 aliphatic carbocycles. The number of nitrogens with zero attached hydrogens (tertiary/aromatic N) is 3. The van der Waals surface area contributed by atoms with Crippen LogP contribution in [0.4, 0.5) is 8.78 Å². The van der Waals surface area contributed by atoms with Gasteiger partial charge >= 0.3 is 0 Å². The first-order valence-electron chi connectivity index (χ1n) is 6.02. The molecule has 2 aromatic rings. The summed E-state index contributed by atoms with van der Waals surface area (Å²) in [4.78, 5) is 0. The Morgan fingerprint density at radius 3 is 2.48 bits per heavy atom. The summed E-state index contributed by atoms with van der Waals surface area (Å²) in [6.45, 7) is 3.44. The quantitative estimate of drug-likeness (QED) is 0.806. The highest BCUT2D eigenvalue weighted by Crippen LogP contribution is 2.22. The van der Waals surface area contributed by atoms with E-state index in [1.54, 1.807) is 13.8 Å². The molecule has 0 N–H and O–H groups in total. The van der Waals surface area contributed by atoms with Gasteiger partial charge in [0, 0.05) is 29.2 Å². The lowest BCUT2D eigenvalue weighted by molar-refractivity contribution is 0.509. The summed E-state index contributed by atoms with van der Waals surface area (Å²) in [7, 11) is 1.24. The molecule has 0 atom stereocenters. The van der Waals surface area contributed by atoms with E-state index in [2.05, 4.69) is 10.2 Å². The smallest absolute Gasteiger partial charge is 0.296 e. The molecule has 0 amide bonds. The third-order valence-electron chi connectivity index (χ3n) is 2.83. The van der Waals surface area contributed by atoms with Crippen molar-refractivity contribution in [1.29, 1.82) is 0 Å². The first kappa shape index (κ1) is 15.8. The molecule has 2 rings (SSSR count). The van der Waals surface area contributed by atoms with Gasteiger partial charge in [-0.1, -0.05) is 6.07 Å². The second kappa shape index (κ2) is 5.69. The lowest BCUT2D eigenvalue weighted by atomic mass is 10.1. The summed E-state index contributed by atoms with van der Waals surface area (Å²) in [6, 6.07) is 2.86. The average Bonchev–Trinajstić information content (AvgIpc) is 2.76. The van der Waals surface area contributed by atoms with Crippen molar-refractivity contribution < 1.29 is 17.2 Å². The van der Waals surface area contributed by atoms with Crippen LogP contribution in [0.2, 0.25) is 0 Å². The topological polar surface area (TPSA) is 64.8 Å². The Bertz CT molecular complexity index is 775. The van der Waals surface area contributed by atoms with Gasteiger partial charge in [-0.2, -0.15) is 0 Å². The minimum absolute atomic E-state index is 0.0241. The molecule has 0 unspecified atom stereocenters. The van der Waals surface area contributed by atoms with Gasteiger partial charge in [0.15, 0.2) is 0 Å². The molecular weight excluding hydrogens is 324 g/mol. The van der Waals surface area contributed by atoms with Crippen LogP contribution in [0.5, 0.6) is 0 Å². The maximum Gasteiger partial charge on any atom is 0.296 e. The van der Waals surface area contributed by atoms with Crippen molar-refractivity contribution in [2.24, 2.45) is 0 Å². The largest absolute Gasteiger partial charge is 0.298 e. The zero-order chi connectivity index (χ0) is 15.8. The van der Waals surface area contributed by atoms with E-state index in [1.807, 2.05) is 0 Å². The molecule has 1 aromatic heterocycles. The second-order valence-corrected chi connectivity index (χ2v) is 7.17. The molecule has 5 nitrogen and oxygen atoms in total. The SMILES string of the molecule is CC(C)n1c(Cc2ccc(F)cc2F)nnc1S(=O)(=O)Cl. The maximum atomic E-state index is 13.7. The summed E-state index contributed by atoms with van der Waals surface area (Å²) < 4.78 is 50.8. The fourth-order valence-corrected chi connectivity index (χ4v) is 2.95. The Labute approximate surface area is 125 Å². The summed E-state index contributed by atoms with van der Waals surface area (Å²) in [6.07, 6.45) is -0.0241. The van der Waals surface area contributed by atoms with Crippen molar-refractivity contribution in [1.82, 2.24) is 14.8 Å². The van der Waals surface area contributed by atoms with Crippen LogP contribution < -0.4 is 0 Å². The van der Waals surface area contributed by atoms with Crippen LogP contribution >= 0.6 is 10.7 Å². The van der Waals surface area contributed by atoms with Crippen LogP contribution in [0.3, 0.4) is 0 Å². The monoisotopic (exact) mass is 335 g/mol. The Kier molecular flexibility index (Phi) is 4.29. The first-order chi connectivity index (χ1) is 9.70. The minimum atomic E-state index is -4.06. The predicted octanol–water partition coefficient (Wildman–Crippen LogP) is 2.66. The van der Waals surface area contributed by atoms with Crippen LogP contribution in [-0.4, -0.2) is 23.2 Å². The van der Waals surface area contributed by atoms with Crippen LogP contribution in [0, 0.1) is 11.6 Å². The lowest BCUT2D eigenvalue weighted by Crippen LogP contribution is -2.12. The molecule has 0 saturated carbocycles. The van der Waals surface area contributed by atoms with E-state index < -0.39 is 25.8 Å². The van der Waals surface area contributed by atoms with Crippen LogP contribution in [0.1, 0.15) is 31.3 Å². The van der Waals surface area contributed by atoms with Crippen molar-refractivity contribution >= 4 is 19.7 Å². The molecule has 1 heterocycles. The van der Waals surface area contributed by atoms with Gasteiger partial charge in [-0.05, 0) is 25.5 Å². The Hall–Kier alpha value is -1.54. The number of benzene rings is 1. The standard InChI is InChI=1S/C12H12ClF2N3O2S/c1-7(2)18-11(16-17-12(18)21(13,19)20)5-8-3-4-9(14)6-10(8)15/h3-4,6-7H,5H2,1-2H3. The Balaban J connectivity index is 2.48. The van der Waals surface area contributed by atoms with Crippen molar-refractivity contribution in [3.8, 4) is 0 Å². The molecule has 9 heteroatoms. The Morgan fingerprint density at radius 1 is 1.29 bits per heavy atom. The average molecular weight is 336 g/mol. The fraction of sp³-hybridized carbons (Fsp3) is 0.333. The molecule has 0 aliphatic heterocycles. The predicted molar refractivity (Wildman–Crippen MR) is 72.6 cm³/mol. The molecule has 0 aliphatic rings. The number of aromatic nitrogens is 3. The van der Waals surface area contributed by atoms with Gasteiger partial charge in [0.1, 0.15) is 17.5 Å². The number of hydrogen-bond donors (Lipinski definition) is 0. The van der Waals surface area contributed by atoms with E-state index in [0.29, 0.717) is 0 Å². The molecular formula is C12H12ClF2N3O2S. The van der Waals surface area contributed by atoms with Gasteiger partial charge in [-0.25, -0.2) is 17.2 Å². The van der Waals surface area contributed by atoms with Crippen LogP contribution in [-0.2, 0) is 15.5 Å². The molecule has 1 aromatic carbocycles. The number of halogens is 3. The number of rotatable bonds is 4. The van der Waals surface area contributed by atoms with Gasteiger partial charge in [-0.3, -0.25) is 4.57 Å². The summed E-state index contributed by atoms with van der Waals surface area (Å²) >= 11 is 0. The van der Waals surface area contributed by atoms with E-state index in [0.717, 1.165) is 12.1 Å². The summed E-state index contributed by atoms with van der Waals surface area (Å²) in [5, 5.41) is 6.91. The highest BCUT2D eigenvalue weighted by Gasteiger charge is 2.24. The van der Waals surface area contributed by atoms with Gasteiger partial charge in [0.2, 0.25) is 0 Å². The highest BCUT2D eigenvalue weighted by molar-refractivity contribution is 8.13. The Morgan fingerprint density at radius 2 is 1.95 bits per heavy atom. The molecule has 0 radical (unpaired) electrons. The van der Waals surface area contributed by atoms with Gasteiger partial charge < -0.3 is 0 Å². The summed E-state index contributed by atoms with van der Waals surface area (Å²) in [5.74, 6) is -1.19. The summed E-state index contributed by atoms with van der Waals surface area (Å²) in [5.41, 5.74) is 0.184. The second-order valence-electron chi connectivity index (χ2n) is 4.71. The molecule has 21 heavy (non-hydrogen) atoms. The third-order valence-corrected chi connectivity index (χ3v) is 3.96. The van der Waals surface area contributed by atoms with Gasteiger partial charge in [-0.15, -0.1) is 10.2 Å². The van der Waals surface area contributed by atoms with E-state index in [4.69, 9.17) is 10.7 Å². The van der Waals surface area contributed by atoms with Crippen LogP contribution in [0.15, 0.2) is 23.4 Å². The fourth-order valence-electron chi connectivity index (χ4n) is 1.95. The molecule has 0 fully saturated rings. The van der Waals surface area contributed by atoms with E-state index in [9.17, 15) is 17.2 Å². The highest BCUT2D eigenvalue weighted by atomic mass is 35.7. The van der Waals surface area contributed by atoms with Gasteiger partial charge in [0.25, 0.3) is 14.2 Å². The third kappa shape index (κ3) is 3.38.